The Morgan fingerprint density at radius 2 is 1.85 bits per heavy atom. The molecule has 1 fully saturated rings. The zero-order chi connectivity index (χ0) is 19.0. The summed E-state index contributed by atoms with van der Waals surface area (Å²) in [5.41, 5.74) is 3.43. The standard InChI is InChI=1S/C19H21N3O3S2/c1-13-3-5-16(11-14(13)2)27(23,24)21-15-4-6-17-18(12-15)26-19(20-17)22-7-9-25-10-8-22/h3-6,11-12,21H,7-10H2,1-2H3. The number of morpholine rings is 1. The third-order valence-corrected chi connectivity index (χ3v) is 7.16. The second-order valence-corrected chi connectivity index (χ2v) is 9.32. The van der Waals surface area contributed by atoms with Gasteiger partial charge >= 0.3 is 0 Å². The summed E-state index contributed by atoms with van der Waals surface area (Å²) in [6.07, 6.45) is 0. The van der Waals surface area contributed by atoms with Crippen molar-refractivity contribution in [3.05, 3.63) is 47.5 Å². The van der Waals surface area contributed by atoms with E-state index in [1.807, 2.05) is 32.0 Å². The summed E-state index contributed by atoms with van der Waals surface area (Å²) in [5.74, 6) is 0. The lowest BCUT2D eigenvalue weighted by atomic mass is 10.1. The van der Waals surface area contributed by atoms with Crippen LogP contribution in [0.2, 0.25) is 0 Å². The first-order valence-electron chi connectivity index (χ1n) is 8.76. The molecule has 142 valence electrons. The number of thiazole rings is 1. The van der Waals surface area contributed by atoms with Crippen LogP contribution in [0.5, 0.6) is 0 Å². The van der Waals surface area contributed by atoms with Gasteiger partial charge in [-0.15, -0.1) is 0 Å². The lowest BCUT2D eigenvalue weighted by Crippen LogP contribution is -2.36. The number of hydrogen-bond acceptors (Lipinski definition) is 6. The summed E-state index contributed by atoms with van der Waals surface area (Å²) in [4.78, 5) is 7.13. The fraction of sp³-hybridized carbons (Fsp3) is 0.316. The van der Waals surface area contributed by atoms with Crippen molar-refractivity contribution in [2.24, 2.45) is 0 Å². The van der Waals surface area contributed by atoms with E-state index in [0.29, 0.717) is 18.9 Å². The molecule has 6 nitrogen and oxygen atoms in total. The van der Waals surface area contributed by atoms with Crippen molar-refractivity contribution in [2.75, 3.05) is 35.9 Å². The van der Waals surface area contributed by atoms with E-state index in [2.05, 4.69) is 14.6 Å². The predicted molar refractivity (Wildman–Crippen MR) is 109 cm³/mol. The minimum absolute atomic E-state index is 0.268. The average molecular weight is 404 g/mol. The maximum absolute atomic E-state index is 12.7. The molecule has 1 N–H and O–H groups in total. The topological polar surface area (TPSA) is 71.5 Å². The van der Waals surface area contributed by atoms with Crippen LogP contribution in [0.3, 0.4) is 0 Å². The zero-order valence-electron chi connectivity index (χ0n) is 15.2. The van der Waals surface area contributed by atoms with Gasteiger partial charge < -0.3 is 9.64 Å². The van der Waals surface area contributed by atoms with Crippen molar-refractivity contribution in [1.29, 1.82) is 0 Å². The fourth-order valence-corrected chi connectivity index (χ4v) is 5.15. The van der Waals surface area contributed by atoms with Crippen molar-refractivity contribution < 1.29 is 13.2 Å². The normalized spacial score (nSPS) is 15.3. The number of nitrogens with zero attached hydrogens (tertiary/aromatic N) is 2. The SMILES string of the molecule is Cc1ccc(S(=O)(=O)Nc2ccc3nc(N4CCOCC4)sc3c2)cc1C. The van der Waals surface area contributed by atoms with Gasteiger partial charge in [0.25, 0.3) is 10.0 Å². The van der Waals surface area contributed by atoms with Crippen molar-refractivity contribution in [2.45, 2.75) is 18.7 Å². The van der Waals surface area contributed by atoms with Gasteiger partial charge in [-0.05, 0) is 55.3 Å². The number of aromatic nitrogens is 1. The van der Waals surface area contributed by atoms with Crippen LogP contribution >= 0.6 is 11.3 Å². The maximum atomic E-state index is 12.7. The highest BCUT2D eigenvalue weighted by Gasteiger charge is 2.18. The van der Waals surface area contributed by atoms with Crippen LogP contribution in [0.25, 0.3) is 10.2 Å². The molecule has 2 heterocycles. The zero-order valence-corrected chi connectivity index (χ0v) is 16.9. The number of ether oxygens (including phenoxy) is 1. The number of benzene rings is 2. The largest absolute Gasteiger partial charge is 0.378 e. The van der Waals surface area contributed by atoms with Crippen molar-refractivity contribution in [3.63, 3.8) is 0 Å². The summed E-state index contributed by atoms with van der Waals surface area (Å²) < 4.78 is 34.4. The molecule has 0 radical (unpaired) electrons. The minimum atomic E-state index is -3.63. The molecular weight excluding hydrogens is 382 g/mol. The Bertz CT molecular complexity index is 1090. The Morgan fingerprint density at radius 3 is 2.59 bits per heavy atom. The maximum Gasteiger partial charge on any atom is 0.261 e. The summed E-state index contributed by atoms with van der Waals surface area (Å²) in [6, 6.07) is 10.6. The quantitative estimate of drug-likeness (QED) is 0.721. The molecule has 4 rings (SSSR count). The van der Waals surface area contributed by atoms with E-state index in [0.717, 1.165) is 39.6 Å². The van der Waals surface area contributed by atoms with Gasteiger partial charge in [-0.2, -0.15) is 0 Å². The van der Waals surface area contributed by atoms with Crippen molar-refractivity contribution >= 4 is 42.4 Å². The number of nitrogens with one attached hydrogen (secondary N) is 1. The average Bonchev–Trinajstić information content (AvgIpc) is 3.07. The Labute approximate surface area is 162 Å². The molecule has 1 aliphatic heterocycles. The summed E-state index contributed by atoms with van der Waals surface area (Å²) in [5, 5.41) is 0.947. The van der Waals surface area contributed by atoms with Gasteiger partial charge in [-0.25, -0.2) is 13.4 Å². The van der Waals surface area contributed by atoms with Gasteiger partial charge in [0, 0.05) is 13.1 Å². The van der Waals surface area contributed by atoms with Crippen LogP contribution in [0, 0.1) is 13.8 Å². The Hall–Kier alpha value is -2.16. The van der Waals surface area contributed by atoms with Crippen LogP contribution in [-0.2, 0) is 14.8 Å². The molecule has 2 aromatic carbocycles. The van der Waals surface area contributed by atoms with Crippen molar-refractivity contribution in [1.82, 2.24) is 4.98 Å². The lowest BCUT2D eigenvalue weighted by Gasteiger charge is -2.25. The Morgan fingerprint density at radius 1 is 1.07 bits per heavy atom. The molecular formula is C19H21N3O3S2. The highest BCUT2D eigenvalue weighted by atomic mass is 32.2. The van der Waals surface area contributed by atoms with E-state index >= 15 is 0 Å². The molecule has 1 aliphatic rings. The van der Waals surface area contributed by atoms with Gasteiger partial charge in [0.15, 0.2) is 5.13 Å². The molecule has 0 atom stereocenters. The van der Waals surface area contributed by atoms with Gasteiger partial charge in [0.05, 0.1) is 34.0 Å². The number of hydrogen-bond donors (Lipinski definition) is 1. The van der Waals surface area contributed by atoms with Gasteiger partial charge in [0.1, 0.15) is 0 Å². The Kier molecular flexibility index (Phi) is 4.79. The molecule has 3 aromatic rings. The van der Waals surface area contributed by atoms with E-state index in [-0.39, 0.29) is 4.90 Å². The monoisotopic (exact) mass is 403 g/mol. The summed E-state index contributed by atoms with van der Waals surface area (Å²) >= 11 is 1.57. The molecule has 0 spiro atoms. The molecule has 0 bridgehead atoms. The third-order valence-electron chi connectivity index (χ3n) is 4.70. The van der Waals surface area contributed by atoms with E-state index in [1.165, 1.54) is 0 Å². The lowest BCUT2D eigenvalue weighted by molar-refractivity contribution is 0.122. The van der Waals surface area contributed by atoms with Crippen LogP contribution < -0.4 is 9.62 Å². The number of sulfonamides is 1. The third kappa shape index (κ3) is 3.78. The highest BCUT2D eigenvalue weighted by molar-refractivity contribution is 7.92. The number of anilines is 2. The predicted octanol–water partition coefficient (Wildman–Crippen LogP) is 3.55. The van der Waals surface area contributed by atoms with E-state index < -0.39 is 10.0 Å². The number of rotatable bonds is 4. The molecule has 1 saturated heterocycles. The minimum Gasteiger partial charge on any atom is -0.378 e. The fourth-order valence-electron chi connectivity index (χ4n) is 2.96. The number of aryl methyl sites for hydroxylation is 2. The Balaban J connectivity index is 1.60. The van der Waals surface area contributed by atoms with E-state index in [4.69, 9.17) is 4.74 Å². The van der Waals surface area contributed by atoms with Gasteiger partial charge in [-0.1, -0.05) is 17.4 Å². The first-order valence-corrected chi connectivity index (χ1v) is 11.1. The molecule has 0 aliphatic carbocycles. The number of fused-ring (bicyclic) bond motifs is 1. The van der Waals surface area contributed by atoms with E-state index in [1.54, 1.807) is 29.5 Å². The molecule has 0 unspecified atom stereocenters. The summed E-state index contributed by atoms with van der Waals surface area (Å²) in [7, 11) is -3.63. The van der Waals surface area contributed by atoms with Gasteiger partial charge in [-0.3, -0.25) is 4.72 Å². The van der Waals surface area contributed by atoms with Crippen LogP contribution in [-0.4, -0.2) is 39.7 Å². The van der Waals surface area contributed by atoms with Crippen molar-refractivity contribution in [3.8, 4) is 0 Å². The van der Waals surface area contributed by atoms with Crippen LogP contribution in [0.15, 0.2) is 41.3 Å². The molecule has 0 saturated carbocycles. The smallest absolute Gasteiger partial charge is 0.261 e. The highest BCUT2D eigenvalue weighted by Crippen LogP contribution is 2.31. The molecule has 8 heteroatoms. The van der Waals surface area contributed by atoms with Gasteiger partial charge in [0.2, 0.25) is 0 Å². The second kappa shape index (κ2) is 7.10. The molecule has 27 heavy (non-hydrogen) atoms. The molecule has 1 aromatic heterocycles. The first kappa shape index (κ1) is 18.2. The van der Waals surface area contributed by atoms with Crippen LogP contribution in [0.4, 0.5) is 10.8 Å². The summed E-state index contributed by atoms with van der Waals surface area (Å²) in [6.45, 7) is 6.93. The first-order chi connectivity index (χ1) is 12.9. The second-order valence-electron chi connectivity index (χ2n) is 6.63. The van der Waals surface area contributed by atoms with E-state index in [9.17, 15) is 8.42 Å². The van der Waals surface area contributed by atoms with Crippen LogP contribution in [0.1, 0.15) is 11.1 Å². The molecule has 0 amide bonds.